The van der Waals surface area contributed by atoms with Crippen LogP contribution in [0.2, 0.25) is 0 Å². The number of aromatic nitrogens is 1. The molecular formula is C19H23N3O2. The van der Waals surface area contributed by atoms with Crippen LogP contribution in [0.5, 0.6) is 0 Å². The van der Waals surface area contributed by atoms with Crippen molar-refractivity contribution in [2.45, 2.75) is 13.5 Å². The van der Waals surface area contributed by atoms with Gasteiger partial charge in [0.05, 0.1) is 13.2 Å². The van der Waals surface area contributed by atoms with E-state index in [1.54, 1.807) is 6.20 Å². The summed E-state index contributed by atoms with van der Waals surface area (Å²) in [7, 11) is 0. The maximum atomic E-state index is 12.8. The number of hydrogen-bond acceptors (Lipinski definition) is 4. The average molecular weight is 325 g/mol. The maximum absolute atomic E-state index is 12.8. The highest BCUT2D eigenvalue weighted by Crippen LogP contribution is 2.17. The topological polar surface area (TPSA) is 45.7 Å². The molecular weight excluding hydrogens is 302 g/mol. The quantitative estimate of drug-likeness (QED) is 0.848. The van der Waals surface area contributed by atoms with Gasteiger partial charge in [-0.3, -0.25) is 9.78 Å². The van der Waals surface area contributed by atoms with Gasteiger partial charge >= 0.3 is 0 Å². The summed E-state index contributed by atoms with van der Waals surface area (Å²) in [4.78, 5) is 21.2. The summed E-state index contributed by atoms with van der Waals surface area (Å²) >= 11 is 0. The summed E-state index contributed by atoms with van der Waals surface area (Å²) in [5.74, 6) is -0.0311. The van der Waals surface area contributed by atoms with Crippen molar-refractivity contribution < 1.29 is 9.53 Å². The molecule has 1 saturated heterocycles. The van der Waals surface area contributed by atoms with Crippen LogP contribution in [0.15, 0.2) is 48.7 Å². The molecule has 1 aromatic carbocycles. The molecule has 0 saturated carbocycles. The zero-order chi connectivity index (χ0) is 16.8. The first-order chi connectivity index (χ1) is 11.8. The lowest BCUT2D eigenvalue weighted by molar-refractivity contribution is 0.0746. The number of carbonyl (C=O) groups excluding carboxylic acids is 1. The molecule has 2 heterocycles. The first-order valence-electron chi connectivity index (χ1n) is 8.40. The van der Waals surface area contributed by atoms with E-state index in [1.165, 1.54) is 0 Å². The summed E-state index contributed by atoms with van der Waals surface area (Å²) < 4.78 is 5.39. The number of morpholine rings is 1. The SMILES string of the molecule is CCN(Cc1ccccc1)C(=O)c1cc(N2CCOCC2)ccn1. The van der Waals surface area contributed by atoms with Crippen LogP contribution in [-0.4, -0.2) is 48.6 Å². The zero-order valence-electron chi connectivity index (χ0n) is 14.0. The van der Waals surface area contributed by atoms with Gasteiger partial charge in [-0.2, -0.15) is 0 Å². The van der Waals surface area contributed by atoms with E-state index in [9.17, 15) is 4.79 Å². The van der Waals surface area contributed by atoms with E-state index in [0.717, 1.165) is 37.6 Å². The van der Waals surface area contributed by atoms with Crippen LogP contribution >= 0.6 is 0 Å². The van der Waals surface area contributed by atoms with Crippen molar-refractivity contribution in [3.63, 3.8) is 0 Å². The largest absolute Gasteiger partial charge is 0.378 e. The average Bonchev–Trinajstić information content (AvgIpc) is 2.67. The molecule has 1 aromatic heterocycles. The molecule has 1 aliphatic heterocycles. The maximum Gasteiger partial charge on any atom is 0.272 e. The molecule has 0 unspecified atom stereocenters. The number of benzene rings is 1. The molecule has 0 aliphatic carbocycles. The minimum absolute atomic E-state index is 0.0311. The lowest BCUT2D eigenvalue weighted by atomic mass is 10.2. The lowest BCUT2D eigenvalue weighted by Crippen LogP contribution is -2.36. The van der Waals surface area contributed by atoms with E-state index in [-0.39, 0.29) is 5.91 Å². The Kier molecular flexibility index (Phi) is 5.43. The third kappa shape index (κ3) is 3.92. The molecule has 126 valence electrons. The smallest absolute Gasteiger partial charge is 0.272 e. The standard InChI is InChI=1S/C19H23N3O2/c1-2-21(15-16-6-4-3-5-7-16)19(23)18-14-17(8-9-20-18)22-10-12-24-13-11-22/h3-9,14H,2,10-13,15H2,1H3. The van der Waals surface area contributed by atoms with Gasteiger partial charge in [0.2, 0.25) is 0 Å². The van der Waals surface area contributed by atoms with Gasteiger partial charge in [-0.15, -0.1) is 0 Å². The van der Waals surface area contributed by atoms with Gasteiger partial charge in [-0.1, -0.05) is 30.3 Å². The minimum Gasteiger partial charge on any atom is -0.378 e. The predicted molar refractivity (Wildman–Crippen MR) is 94.1 cm³/mol. The Bertz CT molecular complexity index is 669. The molecule has 0 bridgehead atoms. The fraction of sp³-hybridized carbons (Fsp3) is 0.368. The molecule has 5 nitrogen and oxygen atoms in total. The van der Waals surface area contributed by atoms with Crippen molar-refractivity contribution in [3.05, 3.63) is 59.9 Å². The second-order valence-electron chi connectivity index (χ2n) is 5.80. The van der Waals surface area contributed by atoms with Crippen molar-refractivity contribution >= 4 is 11.6 Å². The third-order valence-corrected chi connectivity index (χ3v) is 4.22. The Labute approximate surface area is 142 Å². The number of hydrogen-bond donors (Lipinski definition) is 0. The van der Waals surface area contributed by atoms with E-state index in [0.29, 0.717) is 18.8 Å². The van der Waals surface area contributed by atoms with Crippen molar-refractivity contribution in [3.8, 4) is 0 Å². The number of nitrogens with zero attached hydrogens (tertiary/aromatic N) is 3. The Morgan fingerprint density at radius 1 is 1.21 bits per heavy atom. The van der Waals surface area contributed by atoms with E-state index in [2.05, 4.69) is 9.88 Å². The minimum atomic E-state index is -0.0311. The highest BCUT2D eigenvalue weighted by atomic mass is 16.5. The first kappa shape index (κ1) is 16.5. The lowest BCUT2D eigenvalue weighted by Gasteiger charge is -2.29. The summed E-state index contributed by atoms with van der Waals surface area (Å²) in [5.41, 5.74) is 2.65. The molecule has 2 aromatic rings. The number of anilines is 1. The molecule has 0 radical (unpaired) electrons. The van der Waals surface area contributed by atoms with E-state index < -0.39 is 0 Å². The number of rotatable bonds is 5. The van der Waals surface area contributed by atoms with E-state index in [1.807, 2.05) is 54.3 Å². The van der Waals surface area contributed by atoms with E-state index >= 15 is 0 Å². The molecule has 5 heteroatoms. The van der Waals surface area contributed by atoms with E-state index in [4.69, 9.17) is 4.74 Å². The summed E-state index contributed by atoms with van der Waals surface area (Å²) in [6.45, 7) is 6.38. The van der Waals surface area contributed by atoms with Gasteiger partial charge in [0.1, 0.15) is 5.69 Å². The van der Waals surface area contributed by atoms with Crippen LogP contribution in [-0.2, 0) is 11.3 Å². The number of carbonyl (C=O) groups is 1. The van der Waals surface area contributed by atoms with Gasteiger partial charge in [0.25, 0.3) is 5.91 Å². The Balaban J connectivity index is 1.75. The van der Waals surface area contributed by atoms with Gasteiger partial charge in [0.15, 0.2) is 0 Å². The summed E-state index contributed by atoms with van der Waals surface area (Å²) in [5, 5.41) is 0. The number of amides is 1. The van der Waals surface area contributed by atoms with Gasteiger partial charge in [-0.25, -0.2) is 0 Å². The number of ether oxygens (including phenoxy) is 1. The first-order valence-corrected chi connectivity index (χ1v) is 8.40. The second kappa shape index (κ2) is 7.93. The van der Waals surface area contributed by atoms with Crippen molar-refractivity contribution in [2.24, 2.45) is 0 Å². The third-order valence-electron chi connectivity index (χ3n) is 4.22. The predicted octanol–water partition coefficient (Wildman–Crippen LogP) is 2.58. The molecule has 1 amide bonds. The Morgan fingerprint density at radius 3 is 2.67 bits per heavy atom. The van der Waals surface area contributed by atoms with Crippen LogP contribution in [0.4, 0.5) is 5.69 Å². The van der Waals surface area contributed by atoms with Crippen LogP contribution in [0.25, 0.3) is 0 Å². The van der Waals surface area contributed by atoms with Crippen LogP contribution in [0.3, 0.4) is 0 Å². The Morgan fingerprint density at radius 2 is 1.96 bits per heavy atom. The summed E-state index contributed by atoms with van der Waals surface area (Å²) in [6.07, 6.45) is 1.72. The van der Waals surface area contributed by atoms with Crippen LogP contribution in [0, 0.1) is 0 Å². The van der Waals surface area contributed by atoms with Gasteiger partial charge < -0.3 is 14.5 Å². The fourth-order valence-electron chi connectivity index (χ4n) is 2.85. The molecule has 0 N–H and O–H groups in total. The zero-order valence-corrected chi connectivity index (χ0v) is 14.0. The monoisotopic (exact) mass is 325 g/mol. The van der Waals surface area contributed by atoms with Gasteiger partial charge in [0, 0.05) is 38.1 Å². The van der Waals surface area contributed by atoms with Crippen LogP contribution < -0.4 is 4.90 Å². The van der Waals surface area contributed by atoms with Crippen molar-refractivity contribution in [2.75, 3.05) is 37.7 Å². The molecule has 1 fully saturated rings. The molecule has 3 rings (SSSR count). The summed E-state index contributed by atoms with van der Waals surface area (Å²) in [6, 6.07) is 13.9. The number of pyridine rings is 1. The van der Waals surface area contributed by atoms with Crippen LogP contribution in [0.1, 0.15) is 23.0 Å². The highest BCUT2D eigenvalue weighted by Gasteiger charge is 2.18. The molecule has 1 aliphatic rings. The second-order valence-corrected chi connectivity index (χ2v) is 5.80. The van der Waals surface area contributed by atoms with Crippen molar-refractivity contribution in [1.29, 1.82) is 0 Å². The van der Waals surface area contributed by atoms with Crippen molar-refractivity contribution in [1.82, 2.24) is 9.88 Å². The normalized spacial score (nSPS) is 14.5. The highest BCUT2D eigenvalue weighted by molar-refractivity contribution is 5.93. The fourth-order valence-corrected chi connectivity index (χ4v) is 2.85. The van der Waals surface area contributed by atoms with Gasteiger partial charge in [-0.05, 0) is 24.6 Å². The molecule has 0 spiro atoms. The molecule has 24 heavy (non-hydrogen) atoms. The molecule has 0 atom stereocenters. The Hall–Kier alpha value is -2.40.